The second kappa shape index (κ2) is 8.70. The maximum absolute atomic E-state index is 12.7. The van der Waals surface area contributed by atoms with Gasteiger partial charge in [-0.2, -0.15) is 5.10 Å². The Morgan fingerprint density at radius 1 is 1.03 bits per heavy atom. The van der Waals surface area contributed by atoms with Crippen molar-refractivity contribution in [2.45, 2.75) is 13.2 Å². The van der Waals surface area contributed by atoms with E-state index in [1.165, 1.54) is 0 Å². The van der Waals surface area contributed by atoms with Gasteiger partial charge in [0.25, 0.3) is 5.91 Å². The summed E-state index contributed by atoms with van der Waals surface area (Å²) in [6, 6.07) is 20.8. The molecule has 0 aliphatic carbocycles. The molecule has 7 nitrogen and oxygen atoms in total. The van der Waals surface area contributed by atoms with Gasteiger partial charge in [-0.05, 0) is 42.0 Å². The van der Waals surface area contributed by atoms with Gasteiger partial charge in [0.15, 0.2) is 0 Å². The van der Waals surface area contributed by atoms with Gasteiger partial charge in [-0.3, -0.25) is 9.89 Å². The molecule has 7 heteroatoms. The summed E-state index contributed by atoms with van der Waals surface area (Å²) >= 11 is 0. The van der Waals surface area contributed by atoms with E-state index in [0.29, 0.717) is 30.2 Å². The third-order valence-corrected chi connectivity index (χ3v) is 5.68. The van der Waals surface area contributed by atoms with E-state index in [1.54, 1.807) is 32.4 Å². The average Bonchev–Trinajstić information content (AvgIpc) is 3.32. The van der Waals surface area contributed by atoms with Crippen molar-refractivity contribution in [2.75, 3.05) is 14.2 Å². The van der Waals surface area contributed by atoms with Gasteiger partial charge >= 0.3 is 0 Å². The minimum Gasteiger partial charge on any atom is -0.497 e. The second-order valence-corrected chi connectivity index (χ2v) is 7.69. The molecule has 166 valence electrons. The molecule has 3 aromatic carbocycles. The van der Waals surface area contributed by atoms with E-state index in [4.69, 9.17) is 14.2 Å². The third kappa shape index (κ3) is 4.01. The van der Waals surface area contributed by atoms with Gasteiger partial charge in [0.1, 0.15) is 23.9 Å². The normalized spacial score (nSPS) is 11.7. The molecule has 0 bridgehead atoms. The van der Waals surface area contributed by atoms with Gasteiger partial charge < -0.3 is 19.5 Å². The number of aromatic amines is 1. The van der Waals surface area contributed by atoms with Gasteiger partial charge in [-0.1, -0.05) is 24.3 Å². The maximum atomic E-state index is 12.7. The number of carbonyl (C=O) groups excluding carboxylic acids is 1. The van der Waals surface area contributed by atoms with E-state index in [-0.39, 0.29) is 5.91 Å². The van der Waals surface area contributed by atoms with Crippen molar-refractivity contribution in [3.05, 3.63) is 83.4 Å². The van der Waals surface area contributed by atoms with Crippen molar-refractivity contribution >= 4 is 5.91 Å². The Morgan fingerprint density at radius 3 is 2.48 bits per heavy atom. The summed E-state index contributed by atoms with van der Waals surface area (Å²) < 4.78 is 16.5. The molecular formula is C26H23N3O4. The Bertz CT molecular complexity index is 1290. The molecule has 5 rings (SSSR count). The molecule has 2 heterocycles. The second-order valence-electron chi connectivity index (χ2n) is 7.69. The van der Waals surface area contributed by atoms with Crippen LogP contribution in [0.4, 0.5) is 0 Å². The summed E-state index contributed by atoms with van der Waals surface area (Å²) in [6.45, 7) is 0.808. The van der Waals surface area contributed by atoms with Crippen LogP contribution in [0.2, 0.25) is 0 Å². The van der Waals surface area contributed by atoms with Crippen molar-refractivity contribution in [3.8, 4) is 39.8 Å². The summed E-state index contributed by atoms with van der Waals surface area (Å²) in [7, 11) is 3.19. The molecule has 2 N–H and O–H groups in total. The number of nitrogens with zero attached hydrogens (tertiary/aromatic N) is 1. The molecule has 0 spiro atoms. The standard InChI is InChI=1S/C26H23N3O4/c1-31-19-11-16(12-20(13-19)32-2)14-27-26(30)18-9-7-17(8-10-18)24-22-15-33-23-6-4-3-5-21(23)25(22)29-28-24/h3-13H,14-15H2,1-2H3,(H,27,30)(H,28,29). The zero-order valence-electron chi connectivity index (χ0n) is 18.3. The number of ether oxygens (including phenoxy) is 3. The monoisotopic (exact) mass is 441 g/mol. The van der Waals surface area contributed by atoms with E-state index in [9.17, 15) is 4.79 Å². The number of fused-ring (bicyclic) bond motifs is 3. The lowest BCUT2D eigenvalue weighted by Gasteiger charge is -2.17. The number of benzene rings is 3. The van der Waals surface area contributed by atoms with E-state index in [0.717, 1.165) is 39.4 Å². The molecule has 0 saturated heterocycles. The molecule has 4 aromatic rings. The first-order chi connectivity index (χ1) is 16.2. The Morgan fingerprint density at radius 2 is 1.76 bits per heavy atom. The number of methoxy groups -OCH3 is 2. The predicted molar refractivity (Wildman–Crippen MR) is 125 cm³/mol. The highest BCUT2D eigenvalue weighted by Gasteiger charge is 2.23. The van der Waals surface area contributed by atoms with Crippen LogP contribution in [-0.2, 0) is 13.2 Å². The SMILES string of the molecule is COc1cc(CNC(=O)c2ccc(-c3n[nH]c4c3COc3ccccc3-4)cc2)cc(OC)c1. The van der Waals surface area contributed by atoms with Crippen molar-refractivity contribution in [1.29, 1.82) is 0 Å². The lowest BCUT2D eigenvalue weighted by molar-refractivity contribution is 0.0951. The number of para-hydroxylation sites is 1. The van der Waals surface area contributed by atoms with Crippen molar-refractivity contribution in [2.24, 2.45) is 0 Å². The summed E-state index contributed by atoms with van der Waals surface area (Å²) in [5.41, 5.74) is 6.20. The van der Waals surface area contributed by atoms with E-state index < -0.39 is 0 Å². The minimum atomic E-state index is -0.162. The van der Waals surface area contributed by atoms with Crippen LogP contribution in [0.1, 0.15) is 21.5 Å². The van der Waals surface area contributed by atoms with Gasteiger partial charge in [-0.15, -0.1) is 0 Å². The molecule has 0 atom stereocenters. The number of H-pyrrole nitrogens is 1. The summed E-state index contributed by atoms with van der Waals surface area (Å²) in [5.74, 6) is 2.04. The quantitative estimate of drug-likeness (QED) is 0.457. The summed E-state index contributed by atoms with van der Waals surface area (Å²) in [6.07, 6.45) is 0. The van der Waals surface area contributed by atoms with Crippen LogP contribution in [0.5, 0.6) is 17.2 Å². The first-order valence-corrected chi connectivity index (χ1v) is 10.6. The number of hydrogen-bond donors (Lipinski definition) is 2. The Kier molecular flexibility index (Phi) is 5.44. The zero-order valence-corrected chi connectivity index (χ0v) is 18.3. The van der Waals surface area contributed by atoms with Gasteiger partial charge in [-0.25, -0.2) is 0 Å². The van der Waals surface area contributed by atoms with Crippen LogP contribution >= 0.6 is 0 Å². The molecule has 1 amide bonds. The van der Waals surface area contributed by atoms with Crippen LogP contribution < -0.4 is 19.5 Å². The Labute approximate surface area is 191 Å². The Balaban J connectivity index is 1.31. The van der Waals surface area contributed by atoms with E-state index >= 15 is 0 Å². The van der Waals surface area contributed by atoms with Crippen molar-refractivity contribution in [3.63, 3.8) is 0 Å². The number of rotatable bonds is 6. The van der Waals surface area contributed by atoms with Gasteiger partial charge in [0.05, 0.1) is 25.6 Å². The average molecular weight is 441 g/mol. The highest BCUT2D eigenvalue weighted by Crippen LogP contribution is 2.39. The molecule has 1 aliphatic rings. The largest absolute Gasteiger partial charge is 0.497 e. The topological polar surface area (TPSA) is 85.5 Å². The fourth-order valence-electron chi connectivity index (χ4n) is 3.95. The van der Waals surface area contributed by atoms with E-state index in [1.807, 2.05) is 48.5 Å². The lowest BCUT2D eigenvalue weighted by Crippen LogP contribution is -2.22. The molecule has 0 unspecified atom stereocenters. The number of carbonyl (C=O) groups is 1. The third-order valence-electron chi connectivity index (χ3n) is 5.68. The van der Waals surface area contributed by atoms with Crippen LogP contribution in [0.3, 0.4) is 0 Å². The Hall–Kier alpha value is -4.26. The number of nitrogens with one attached hydrogen (secondary N) is 2. The highest BCUT2D eigenvalue weighted by atomic mass is 16.5. The summed E-state index contributed by atoms with van der Waals surface area (Å²) in [5, 5.41) is 10.6. The molecule has 1 aliphatic heterocycles. The molecule has 33 heavy (non-hydrogen) atoms. The van der Waals surface area contributed by atoms with Crippen molar-refractivity contribution in [1.82, 2.24) is 15.5 Å². The molecule has 0 saturated carbocycles. The van der Waals surface area contributed by atoms with Crippen LogP contribution in [0, 0.1) is 0 Å². The van der Waals surface area contributed by atoms with Gasteiger partial charge in [0, 0.05) is 34.9 Å². The number of aromatic nitrogens is 2. The smallest absolute Gasteiger partial charge is 0.251 e. The van der Waals surface area contributed by atoms with Crippen LogP contribution in [0.25, 0.3) is 22.5 Å². The fourth-order valence-corrected chi connectivity index (χ4v) is 3.95. The van der Waals surface area contributed by atoms with Crippen LogP contribution in [0.15, 0.2) is 66.7 Å². The number of amides is 1. The zero-order chi connectivity index (χ0) is 22.8. The number of hydrogen-bond acceptors (Lipinski definition) is 5. The summed E-state index contributed by atoms with van der Waals surface area (Å²) in [4.78, 5) is 12.7. The van der Waals surface area contributed by atoms with E-state index in [2.05, 4.69) is 15.5 Å². The molecule has 1 aromatic heterocycles. The maximum Gasteiger partial charge on any atom is 0.251 e. The molecular weight excluding hydrogens is 418 g/mol. The molecule has 0 radical (unpaired) electrons. The molecule has 0 fully saturated rings. The lowest BCUT2D eigenvalue weighted by atomic mass is 9.99. The van der Waals surface area contributed by atoms with Crippen molar-refractivity contribution < 1.29 is 19.0 Å². The fraction of sp³-hybridized carbons (Fsp3) is 0.154. The van der Waals surface area contributed by atoms with Gasteiger partial charge in [0.2, 0.25) is 0 Å². The highest BCUT2D eigenvalue weighted by molar-refractivity contribution is 5.94. The van der Waals surface area contributed by atoms with Crippen LogP contribution in [-0.4, -0.2) is 30.3 Å². The first kappa shape index (κ1) is 20.6. The first-order valence-electron chi connectivity index (χ1n) is 10.6. The minimum absolute atomic E-state index is 0.162. The predicted octanol–water partition coefficient (Wildman–Crippen LogP) is 4.58.